The van der Waals surface area contributed by atoms with Crippen LogP contribution in [0.5, 0.6) is 0 Å². The van der Waals surface area contributed by atoms with Crippen LogP contribution in [0.4, 0.5) is 17.1 Å². The summed E-state index contributed by atoms with van der Waals surface area (Å²) < 4.78 is 2.63. The average Bonchev–Trinajstić information content (AvgIpc) is 3.96. The van der Waals surface area contributed by atoms with Gasteiger partial charge in [-0.3, -0.25) is 0 Å². The molecular weight excluding hydrogens is 839 g/mol. The van der Waals surface area contributed by atoms with Crippen LogP contribution in [0.25, 0.3) is 86.9 Å². The highest BCUT2D eigenvalue weighted by Crippen LogP contribution is 2.57. The highest BCUT2D eigenvalue weighted by atomic mass is 32.1. The molecule has 0 radical (unpaired) electrons. The molecule has 0 N–H and O–H groups in total. The Morgan fingerprint density at radius 1 is 0.324 bits per heavy atom. The third kappa shape index (κ3) is 6.21. The van der Waals surface area contributed by atoms with Crippen LogP contribution in [0.3, 0.4) is 0 Å². The molecule has 10 aromatic carbocycles. The van der Waals surface area contributed by atoms with E-state index in [1.807, 2.05) is 11.3 Å². The predicted molar refractivity (Wildman–Crippen MR) is 291 cm³/mol. The van der Waals surface area contributed by atoms with Crippen LogP contribution in [-0.4, -0.2) is 0 Å². The van der Waals surface area contributed by atoms with Crippen molar-refractivity contribution in [3.05, 3.63) is 247 Å². The highest BCUT2D eigenvalue weighted by molar-refractivity contribution is 7.25. The lowest BCUT2D eigenvalue weighted by Crippen LogP contribution is -2.16. The number of thiophene rings is 1. The molecule has 324 valence electrons. The minimum Gasteiger partial charge on any atom is -0.309 e. The van der Waals surface area contributed by atoms with Gasteiger partial charge in [-0.2, -0.15) is 0 Å². The molecule has 0 unspecified atom stereocenters. The summed E-state index contributed by atoms with van der Waals surface area (Å²) in [6, 6.07) is 83.8. The van der Waals surface area contributed by atoms with Gasteiger partial charge in [0.15, 0.2) is 0 Å². The summed E-state index contributed by atoms with van der Waals surface area (Å²) in [4.78, 5) is 2.52. The highest BCUT2D eigenvalue weighted by Gasteiger charge is 2.40. The molecule has 0 amide bonds. The quantitative estimate of drug-likeness (QED) is 0.154. The molecule has 0 saturated heterocycles. The molecule has 2 heteroatoms. The molecule has 0 saturated carbocycles. The minimum atomic E-state index is -0.175. The molecule has 0 spiro atoms. The lowest BCUT2D eigenvalue weighted by molar-refractivity contribution is 0.660. The fourth-order valence-corrected chi connectivity index (χ4v) is 12.8. The van der Waals surface area contributed by atoms with Crippen molar-refractivity contribution in [3.8, 4) is 66.8 Å². The summed E-state index contributed by atoms with van der Waals surface area (Å²) in [6.07, 6.45) is 0. The number of nitrogens with zero attached hydrogens (tertiary/aromatic N) is 1. The van der Waals surface area contributed by atoms with E-state index in [0.29, 0.717) is 0 Å². The van der Waals surface area contributed by atoms with E-state index in [1.165, 1.54) is 115 Å². The molecule has 1 heterocycles. The maximum Gasteiger partial charge on any atom is 0.0543 e. The Morgan fingerprint density at radius 3 is 1.71 bits per heavy atom. The summed E-state index contributed by atoms with van der Waals surface area (Å²) in [6.45, 7) is 9.54. The summed E-state index contributed by atoms with van der Waals surface area (Å²) >= 11 is 1.87. The first-order chi connectivity index (χ1) is 33.2. The summed E-state index contributed by atoms with van der Waals surface area (Å²) in [7, 11) is 0. The van der Waals surface area contributed by atoms with Gasteiger partial charge in [-0.05, 0) is 139 Å². The van der Waals surface area contributed by atoms with Crippen molar-refractivity contribution in [1.82, 2.24) is 0 Å². The van der Waals surface area contributed by atoms with Crippen molar-refractivity contribution in [2.45, 2.75) is 38.5 Å². The predicted octanol–water partition coefficient (Wildman–Crippen LogP) is 18.8. The maximum atomic E-state index is 2.52. The van der Waals surface area contributed by atoms with Gasteiger partial charge in [-0.15, -0.1) is 11.3 Å². The van der Waals surface area contributed by atoms with Gasteiger partial charge in [0.1, 0.15) is 0 Å². The van der Waals surface area contributed by atoms with Gasteiger partial charge in [-0.25, -0.2) is 0 Å². The van der Waals surface area contributed by atoms with Crippen LogP contribution in [0.1, 0.15) is 49.9 Å². The Balaban J connectivity index is 0.969. The third-order valence-corrected chi connectivity index (χ3v) is 16.2. The van der Waals surface area contributed by atoms with Crippen LogP contribution in [0.15, 0.2) is 224 Å². The number of anilines is 3. The van der Waals surface area contributed by atoms with Crippen LogP contribution in [-0.2, 0) is 10.8 Å². The van der Waals surface area contributed by atoms with E-state index in [9.17, 15) is 0 Å². The van der Waals surface area contributed by atoms with Crippen molar-refractivity contribution < 1.29 is 0 Å². The Morgan fingerprint density at radius 2 is 0.897 bits per heavy atom. The largest absolute Gasteiger partial charge is 0.309 e. The van der Waals surface area contributed by atoms with Gasteiger partial charge in [-0.1, -0.05) is 191 Å². The monoisotopic (exact) mass is 887 g/mol. The molecule has 68 heavy (non-hydrogen) atoms. The Hall–Kier alpha value is -7.78. The topological polar surface area (TPSA) is 3.24 Å². The summed E-state index contributed by atoms with van der Waals surface area (Å²) in [5.74, 6) is 0. The van der Waals surface area contributed by atoms with Gasteiger partial charge in [0.05, 0.1) is 11.4 Å². The third-order valence-electron chi connectivity index (χ3n) is 15.1. The van der Waals surface area contributed by atoms with E-state index in [4.69, 9.17) is 0 Å². The van der Waals surface area contributed by atoms with Gasteiger partial charge in [0.25, 0.3) is 0 Å². The van der Waals surface area contributed by atoms with Gasteiger partial charge in [0.2, 0.25) is 0 Å². The van der Waals surface area contributed by atoms with E-state index in [0.717, 1.165) is 11.4 Å². The van der Waals surface area contributed by atoms with Gasteiger partial charge >= 0.3 is 0 Å². The van der Waals surface area contributed by atoms with Crippen molar-refractivity contribution in [2.24, 2.45) is 0 Å². The SMILES string of the molecule is CC1(C)c2ccccc2-c2c(N(c3ccc(-c4ccc5c(c4)-c4cc(-c6ccccc6)cc(-c6ccccc6)c4C5(C)C)cc3)c3ccccc3-c3ccc4sc5ccccc5c4c3)cccc21. The zero-order chi connectivity index (χ0) is 45.7. The number of para-hydroxylation sites is 1. The van der Waals surface area contributed by atoms with Crippen LogP contribution in [0.2, 0.25) is 0 Å². The fraction of sp³-hybridized carbons (Fsp3) is 0.0909. The van der Waals surface area contributed by atoms with E-state index >= 15 is 0 Å². The number of rotatable bonds is 7. The number of hydrogen-bond acceptors (Lipinski definition) is 2. The normalized spacial score (nSPS) is 13.8. The molecule has 2 aliphatic carbocycles. The molecule has 1 aromatic heterocycles. The molecule has 0 atom stereocenters. The van der Waals surface area contributed by atoms with Crippen LogP contribution in [0, 0.1) is 0 Å². The average molecular weight is 888 g/mol. The van der Waals surface area contributed by atoms with Gasteiger partial charge < -0.3 is 4.90 Å². The number of benzene rings is 10. The van der Waals surface area contributed by atoms with E-state index in [1.54, 1.807) is 0 Å². The van der Waals surface area contributed by atoms with Gasteiger partial charge in [0, 0.05) is 47.8 Å². The van der Waals surface area contributed by atoms with Crippen LogP contribution < -0.4 is 4.90 Å². The molecule has 11 aromatic rings. The fourth-order valence-electron chi connectivity index (χ4n) is 11.7. The second-order valence-electron chi connectivity index (χ2n) is 19.6. The first-order valence-corrected chi connectivity index (χ1v) is 24.6. The molecule has 13 rings (SSSR count). The molecular formula is C66H49NS. The Bertz CT molecular complexity index is 3780. The first-order valence-electron chi connectivity index (χ1n) is 23.8. The molecule has 2 aliphatic rings. The molecule has 1 nitrogen and oxygen atoms in total. The zero-order valence-corrected chi connectivity index (χ0v) is 39.5. The minimum absolute atomic E-state index is 0.132. The maximum absolute atomic E-state index is 2.52. The Labute approximate surface area is 403 Å². The van der Waals surface area contributed by atoms with Crippen molar-refractivity contribution in [2.75, 3.05) is 4.90 Å². The van der Waals surface area contributed by atoms with Crippen molar-refractivity contribution in [1.29, 1.82) is 0 Å². The summed E-state index contributed by atoms with van der Waals surface area (Å²) in [5, 5.41) is 2.61. The Kier molecular flexibility index (Phi) is 9.16. The number of fused-ring (bicyclic) bond motifs is 9. The van der Waals surface area contributed by atoms with E-state index in [2.05, 4.69) is 257 Å². The lowest BCUT2D eigenvalue weighted by Gasteiger charge is -2.30. The molecule has 0 bridgehead atoms. The second kappa shape index (κ2) is 15.4. The zero-order valence-electron chi connectivity index (χ0n) is 38.7. The van der Waals surface area contributed by atoms with Crippen molar-refractivity contribution >= 4 is 48.6 Å². The number of hydrogen-bond donors (Lipinski definition) is 0. The van der Waals surface area contributed by atoms with E-state index in [-0.39, 0.29) is 10.8 Å². The lowest BCUT2D eigenvalue weighted by atomic mass is 9.78. The van der Waals surface area contributed by atoms with E-state index < -0.39 is 0 Å². The first kappa shape index (κ1) is 40.5. The standard InChI is InChI=1S/C66H49NS/c1-65(2)56-25-14-11-24-51(56)63-58(65)26-17-28-60(63)67(59-27-15-12-22-49(59)46-33-37-62-54(39-46)50-23-13-16-29-61(50)68-62)48-34-30-43(31-35-48)45-32-36-57-53(38-45)55-41-47(42-18-7-5-8-19-42)40-52(64(55)66(57,3)4)44-20-9-6-10-21-44/h5-41H,1-4H3. The second-order valence-corrected chi connectivity index (χ2v) is 20.7. The summed E-state index contributed by atoms with van der Waals surface area (Å²) in [5.41, 5.74) is 23.7. The molecule has 0 fully saturated rings. The van der Waals surface area contributed by atoms with Crippen LogP contribution >= 0.6 is 11.3 Å². The molecule has 0 aliphatic heterocycles. The van der Waals surface area contributed by atoms with Crippen molar-refractivity contribution in [3.63, 3.8) is 0 Å². The smallest absolute Gasteiger partial charge is 0.0543 e.